The largest absolute Gasteiger partial charge is 0.497 e. The van der Waals surface area contributed by atoms with Gasteiger partial charge in [0.2, 0.25) is 5.91 Å². The monoisotopic (exact) mass is 209 g/mol. The minimum absolute atomic E-state index is 0.103. The summed E-state index contributed by atoms with van der Waals surface area (Å²) in [5.41, 5.74) is 0.696. The first-order chi connectivity index (χ1) is 7.11. The highest BCUT2D eigenvalue weighted by Crippen LogP contribution is 2.15. The summed E-state index contributed by atoms with van der Waals surface area (Å²) in [5.74, 6) is 0.540. The number of benzene rings is 1. The van der Waals surface area contributed by atoms with Gasteiger partial charge in [0.05, 0.1) is 19.6 Å². The van der Waals surface area contributed by atoms with Crippen LogP contribution in [0.5, 0.6) is 5.75 Å². The molecule has 4 nitrogen and oxygen atoms in total. The highest BCUT2D eigenvalue weighted by atomic mass is 16.5. The van der Waals surface area contributed by atoms with Crippen molar-refractivity contribution in [1.29, 1.82) is 0 Å². The zero-order valence-corrected chi connectivity index (χ0v) is 8.86. The second-order valence-corrected chi connectivity index (χ2v) is 3.33. The van der Waals surface area contributed by atoms with Crippen molar-refractivity contribution in [2.45, 2.75) is 19.4 Å². The maximum absolute atomic E-state index is 11.3. The number of methoxy groups -OCH3 is 1. The third-order valence-electron chi connectivity index (χ3n) is 1.85. The van der Waals surface area contributed by atoms with Gasteiger partial charge >= 0.3 is 0 Å². The van der Waals surface area contributed by atoms with Crippen LogP contribution in [0.2, 0.25) is 0 Å². The topological polar surface area (TPSA) is 58.6 Å². The molecule has 0 bridgehead atoms. The van der Waals surface area contributed by atoms with Crippen LogP contribution in [-0.2, 0) is 4.79 Å². The molecule has 0 fully saturated rings. The molecular formula is C11H15NO3. The van der Waals surface area contributed by atoms with Crippen molar-refractivity contribution in [2.75, 3.05) is 12.4 Å². The van der Waals surface area contributed by atoms with Gasteiger partial charge in [0.25, 0.3) is 0 Å². The van der Waals surface area contributed by atoms with Crippen molar-refractivity contribution in [3.05, 3.63) is 24.3 Å². The maximum Gasteiger partial charge on any atom is 0.226 e. The van der Waals surface area contributed by atoms with E-state index in [2.05, 4.69) is 5.32 Å². The van der Waals surface area contributed by atoms with Gasteiger partial charge in [-0.05, 0) is 31.2 Å². The van der Waals surface area contributed by atoms with Gasteiger partial charge in [0.15, 0.2) is 0 Å². The Labute approximate surface area is 88.9 Å². The summed E-state index contributed by atoms with van der Waals surface area (Å²) >= 11 is 0. The van der Waals surface area contributed by atoms with E-state index in [0.29, 0.717) is 5.69 Å². The van der Waals surface area contributed by atoms with Crippen LogP contribution in [-0.4, -0.2) is 24.2 Å². The zero-order chi connectivity index (χ0) is 11.3. The van der Waals surface area contributed by atoms with Crippen LogP contribution in [0.25, 0.3) is 0 Å². The molecule has 1 atom stereocenters. The quantitative estimate of drug-likeness (QED) is 0.788. The fourth-order valence-corrected chi connectivity index (χ4v) is 1.15. The molecule has 1 aromatic rings. The average Bonchev–Trinajstić information content (AvgIpc) is 2.17. The molecule has 0 aliphatic rings. The molecule has 15 heavy (non-hydrogen) atoms. The van der Waals surface area contributed by atoms with Gasteiger partial charge < -0.3 is 15.2 Å². The second kappa shape index (κ2) is 5.36. The van der Waals surface area contributed by atoms with Crippen molar-refractivity contribution in [2.24, 2.45) is 0 Å². The van der Waals surface area contributed by atoms with Crippen LogP contribution in [0.15, 0.2) is 24.3 Å². The van der Waals surface area contributed by atoms with E-state index in [0.717, 1.165) is 5.75 Å². The van der Waals surface area contributed by atoms with Crippen molar-refractivity contribution < 1.29 is 14.6 Å². The van der Waals surface area contributed by atoms with E-state index >= 15 is 0 Å². The number of aliphatic hydroxyl groups excluding tert-OH is 1. The van der Waals surface area contributed by atoms with E-state index in [1.54, 1.807) is 38.3 Å². The van der Waals surface area contributed by atoms with Crippen LogP contribution >= 0.6 is 0 Å². The van der Waals surface area contributed by atoms with Crippen LogP contribution < -0.4 is 10.1 Å². The normalized spacial score (nSPS) is 11.9. The van der Waals surface area contributed by atoms with E-state index in [9.17, 15) is 4.79 Å². The number of ether oxygens (including phenoxy) is 1. The summed E-state index contributed by atoms with van der Waals surface area (Å²) in [6, 6.07) is 7.02. The predicted molar refractivity (Wildman–Crippen MR) is 57.9 cm³/mol. The number of carbonyl (C=O) groups excluding carboxylic acids is 1. The second-order valence-electron chi connectivity index (χ2n) is 3.33. The van der Waals surface area contributed by atoms with Crippen LogP contribution in [0.1, 0.15) is 13.3 Å². The summed E-state index contributed by atoms with van der Waals surface area (Å²) in [6.07, 6.45) is -0.519. The summed E-state index contributed by atoms with van der Waals surface area (Å²) in [4.78, 5) is 11.3. The van der Waals surface area contributed by atoms with Crippen LogP contribution in [0.4, 0.5) is 5.69 Å². The molecule has 1 amide bonds. The Balaban J connectivity index is 2.53. The average molecular weight is 209 g/mol. The number of hydrogen-bond donors (Lipinski definition) is 2. The van der Waals surface area contributed by atoms with Gasteiger partial charge in [-0.15, -0.1) is 0 Å². The third kappa shape index (κ3) is 3.99. The molecule has 0 saturated carbocycles. The first kappa shape index (κ1) is 11.5. The Morgan fingerprint density at radius 3 is 2.53 bits per heavy atom. The number of carbonyl (C=O) groups is 1. The maximum atomic E-state index is 11.3. The number of aliphatic hydroxyl groups is 1. The van der Waals surface area contributed by atoms with Gasteiger partial charge in [0, 0.05) is 5.69 Å². The number of nitrogens with one attached hydrogen (secondary N) is 1. The zero-order valence-electron chi connectivity index (χ0n) is 8.86. The molecule has 1 rings (SSSR count). The fraction of sp³-hybridized carbons (Fsp3) is 0.364. The summed E-state index contributed by atoms with van der Waals surface area (Å²) in [7, 11) is 1.58. The van der Waals surface area contributed by atoms with Crippen molar-refractivity contribution >= 4 is 11.6 Å². The van der Waals surface area contributed by atoms with Crippen molar-refractivity contribution in [3.63, 3.8) is 0 Å². The Morgan fingerprint density at radius 2 is 2.07 bits per heavy atom. The smallest absolute Gasteiger partial charge is 0.226 e. The highest BCUT2D eigenvalue weighted by molar-refractivity contribution is 5.90. The Morgan fingerprint density at radius 1 is 1.47 bits per heavy atom. The first-order valence-corrected chi connectivity index (χ1v) is 4.74. The molecule has 0 aliphatic carbocycles. The van der Waals surface area contributed by atoms with E-state index < -0.39 is 6.10 Å². The lowest BCUT2D eigenvalue weighted by Crippen LogP contribution is -2.17. The van der Waals surface area contributed by atoms with Crippen molar-refractivity contribution in [1.82, 2.24) is 0 Å². The Hall–Kier alpha value is -1.55. The van der Waals surface area contributed by atoms with E-state index in [1.165, 1.54) is 0 Å². The van der Waals surface area contributed by atoms with E-state index in [-0.39, 0.29) is 12.3 Å². The lowest BCUT2D eigenvalue weighted by Gasteiger charge is -2.07. The summed E-state index contributed by atoms with van der Waals surface area (Å²) in [5, 5.41) is 11.7. The minimum Gasteiger partial charge on any atom is -0.497 e. The standard InChI is InChI=1S/C11H15NO3/c1-8(13)7-11(14)12-9-3-5-10(15-2)6-4-9/h3-6,8,13H,7H2,1-2H3,(H,12,14). The summed E-state index contributed by atoms with van der Waals surface area (Å²) in [6.45, 7) is 1.58. The lowest BCUT2D eigenvalue weighted by atomic mass is 10.2. The molecule has 0 aliphatic heterocycles. The van der Waals surface area contributed by atoms with Gasteiger partial charge in [-0.25, -0.2) is 0 Å². The number of rotatable bonds is 4. The SMILES string of the molecule is COc1ccc(NC(=O)CC(C)O)cc1. The van der Waals surface area contributed by atoms with Gasteiger partial charge in [0.1, 0.15) is 5.75 Å². The van der Waals surface area contributed by atoms with Crippen LogP contribution in [0, 0.1) is 0 Å². The van der Waals surface area contributed by atoms with E-state index in [4.69, 9.17) is 9.84 Å². The van der Waals surface area contributed by atoms with Crippen molar-refractivity contribution in [3.8, 4) is 5.75 Å². The van der Waals surface area contributed by atoms with E-state index in [1.807, 2.05) is 0 Å². The number of anilines is 1. The molecule has 2 N–H and O–H groups in total. The number of hydrogen-bond acceptors (Lipinski definition) is 3. The lowest BCUT2D eigenvalue weighted by molar-refractivity contribution is -0.117. The number of amides is 1. The Kier molecular flexibility index (Phi) is 4.12. The van der Waals surface area contributed by atoms with Gasteiger partial charge in [-0.1, -0.05) is 0 Å². The predicted octanol–water partition coefficient (Wildman–Crippen LogP) is 1.40. The molecule has 0 saturated heterocycles. The van der Waals surface area contributed by atoms with Gasteiger partial charge in [-0.2, -0.15) is 0 Å². The molecule has 0 heterocycles. The summed E-state index contributed by atoms with van der Waals surface area (Å²) < 4.78 is 4.99. The Bertz CT molecular complexity index is 319. The molecule has 1 aromatic carbocycles. The molecule has 0 radical (unpaired) electrons. The molecule has 4 heteroatoms. The highest BCUT2D eigenvalue weighted by Gasteiger charge is 2.05. The molecular weight excluding hydrogens is 194 g/mol. The molecule has 0 aromatic heterocycles. The first-order valence-electron chi connectivity index (χ1n) is 4.74. The third-order valence-corrected chi connectivity index (χ3v) is 1.85. The van der Waals surface area contributed by atoms with Gasteiger partial charge in [-0.3, -0.25) is 4.79 Å². The molecule has 82 valence electrons. The molecule has 1 unspecified atom stereocenters. The molecule has 0 spiro atoms. The minimum atomic E-state index is -0.622. The van der Waals surface area contributed by atoms with Crippen LogP contribution in [0.3, 0.4) is 0 Å². The fourth-order valence-electron chi connectivity index (χ4n) is 1.15.